The van der Waals surface area contributed by atoms with Crippen LogP contribution in [0.1, 0.15) is 39.0 Å². The Kier molecular flexibility index (Phi) is 7.49. The van der Waals surface area contributed by atoms with Crippen molar-refractivity contribution in [2.24, 2.45) is 10.9 Å². The molecule has 2 N–H and O–H groups in total. The molecule has 0 spiro atoms. The predicted molar refractivity (Wildman–Crippen MR) is 78.9 cm³/mol. The highest BCUT2D eigenvalue weighted by Crippen LogP contribution is 2.23. The van der Waals surface area contributed by atoms with E-state index < -0.39 is 0 Å². The molecule has 3 nitrogen and oxygen atoms in total. The molecule has 0 atom stereocenters. The van der Waals surface area contributed by atoms with Gasteiger partial charge in [0.05, 0.1) is 0 Å². The second kappa shape index (κ2) is 8.67. The molecule has 17 heavy (non-hydrogen) atoms. The van der Waals surface area contributed by atoms with Gasteiger partial charge in [-0.25, -0.2) is 0 Å². The minimum Gasteiger partial charge on any atom is -0.356 e. The summed E-state index contributed by atoms with van der Waals surface area (Å²) >= 11 is 1.90. The second-order valence-electron chi connectivity index (χ2n) is 4.95. The molecular formula is C13H27N3S. The molecule has 0 heterocycles. The fourth-order valence-corrected chi connectivity index (χ4v) is 2.65. The largest absolute Gasteiger partial charge is 0.356 e. The Balaban J connectivity index is 2.18. The minimum atomic E-state index is 0.623. The lowest BCUT2D eigenvalue weighted by molar-refractivity contribution is 0.329. The van der Waals surface area contributed by atoms with Gasteiger partial charge in [-0.05, 0) is 50.0 Å². The van der Waals surface area contributed by atoms with Crippen LogP contribution in [-0.2, 0) is 0 Å². The summed E-state index contributed by atoms with van der Waals surface area (Å²) in [7, 11) is 1.86. The molecule has 1 fully saturated rings. The van der Waals surface area contributed by atoms with E-state index >= 15 is 0 Å². The zero-order chi connectivity index (χ0) is 12.5. The van der Waals surface area contributed by atoms with Crippen molar-refractivity contribution >= 4 is 17.7 Å². The lowest BCUT2D eigenvalue weighted by atomic mass is 9.87. The van der Waals surface area contributed by atoms with E-state index in [2.05, 4.69) is 28.8 Å². The van der Waals surface area contributed by atoms with Crippen molar-refractivity contribution in [1.82, 2.24) is 10.6 Å². The van der Waals surface area contributed by atoms with E-state index in [9.17, 15) is 0 Å². The molecule has 4 heteroatoms. The van der Waals surface area contributed by atoms with Gasteiger partial charge in [-0.1, -0.05) is 6.92 Å². The molecule has 0 aromatic heterocycles. The number of nitrogens with zero attached hydrogens (tertiary/aromatic N) is 1. The number of aliphatic imine (C=N–C) groups is 1. The van der Waals surface area contributed by atoms with Crippen molar-refractivity contribution in [2.45, 2.75) is 45.1 Å². The highest BCUT2D eigenvalue weighted by Gasteiger charge is 2.18. The van der Waals surface area contributed by atoms with Crippen LogP contribution in [0.15, 0.2) is 4.99 Å². The summed E-state index contributed by atoms with van der Waals surface area (Å²) in [5, 5.41) is 6.92. The molecule has 0 aromatic rings. The molecule has 0 aromatic carbocycles. The van der Waals surface area contributed by atoms with Gasteiger partial charge in [0, 0.05) is 19.6 Å². The van der Waals surface area contributed by atoms with Crippen LogP contribution in [0.4, 0.5) is 0 Å². The van der Waals surface area contributed by atoms with Crippen LogP contribution in [0.5, 0.6) is 0 Å². The highest BCUT2D eigenvalue weighted by molar-refractivity contribution is 7.98. The van der Waals surface area contributed by atoms with Gasteiger partial charge in [0.1, 0.15) is 0 Å². The van der Waals surface area contributed by atoms with E-state index in [0.29, 0.717) is 6.04 Å². The van der Waals surface area contributed by atoms with E-state index in [1.807, 2.05) is 18.8 Å². The molecule has 0 unspecified atom stereocenters. The SMILES string of the molecule is CN=C(NCCCSC)NC1CCC(C)CC1. The van der Waals surface area contributed by atoms with Crippen LogP contribution in [0.3, 0.4) is 0 Å². The minimum absolute atomic E-state index is 0.623. The Hall–Kier alpha value is -0.380. The van der Waals surface area contributed by atoms with E-state index in [1.54, 1.807) is 0 Å². The monoisotopic (exact) mass is 257 g/mol. The molecule has 0 saturated heterocycles. The number of nitrogens with one attached hydrogen (secondary N) is 2. The van der Waals surface area contributed by atoms with Crippen LogP contribution >= 0.6 is 11.8 Å². The summed E-state index contributed by atoms with van der Waals surface area (Å²) in [6, 6.07) is 0.623. The quantitative estimate of drug-likeness (QED) is 0.451. The maximum absolute atomic E-state index is 4.29. The Morgan fingerprint density at radius 3 is 2.59 bits per heavy atom. The van der Waals surface area contributed by atoms with Crippen molar-refractivity contribution in [3.05, 3.63) is 0 Å². The summed E-state index contributed by atoms with van der Waals surface area (Å²) in [5.41, 5.74) is 0. The summed E-state index contributed by atoms with van der Waals surface area (Å²) in [5.74, 6) is 3.10. The van der Waals surface area contributed by atoms with Crippen LogP contribution in [-0.4, -0.2) is 37.6 Å². The van der Waals surface area contributed by atoms with Gasteiger partial charge in [-0.15, -0.1) is 0 Å². The Bertz CT molecular complexity index is 223. The number of hydrogen-bond acceptors (Lipinski definition) is 2. The van der Waals surface area contributed by atoms with Crippen molar-refractivity contribution in [2.75, 3.05) is 25.6 Å². The Morgan fingerprint density at radius 1 is 1.29 bits per heavy atom. The van der Waals surface area contributed by atoms with Gasteiger partial charge in [0.15, 0.2) is 5.96 Å². The van der Waals surface area contributed by atoms with Gasteiger partial charge < -0.3 is 10.6 Å². The van der Waals surface area contributed by atoms with E-state index in [0.717, 1.165) is 18.4 Å². The second-order valence-corrected chi connectivity index (χ2v) is 5.93. The third kappa shape index (κ3) is 6.20. The van der Waals surface area contributed by atoms with E-state index in [-0.39, 0.29) is 0 Å². The maximum atomic E-state index is 4.29. The van der Waals surface area contributed by atoms with E-state index in [1.165, 1.54) is 37.9 Å². The molecule has 1 saturated carbocycles. The van der Waals surface area contributed by atoms with Crippen molar-refractivity contribution < 1.29 is 0 Å². The lowest BCUT2D eigenvalue weighted by Gasteiger charge is -2.28. The van der Waals surface area contributed by atoms with Crippen LogP contribution in [0.2, 0.25) is 0 Å². The number of hydrogen-bond donors (Lipinski definition) is 2. The molecule has 0 bridgehead atoms. The molecule has 0 amide bonds. The van der Waals surface area contributed by atoms with Crippen LogP contribution in [0, 0.1) is 5.92 Å². The molecule has 1 aliphatic carbocycles. The average molecular weight is 257 g/mol. The van der Waals surface area contributed by atoms with Gasteiger partial charge in [0.2, 0.25) is 0 Å². The fourth-order valence-electron chi connectivity index (χ4n) is 2.22. The first-order chi connectivity index (χ1) is 8.26. The van der Waals surface area contributed by atoms with Crippen molar-refractivity contribution in [3.63, 3.8) is 0 Å². The van der Waals surface area contributed by atoms with E-state index in [4.69, 9.17) is 0 Å². The smallest absolute Gasteiger partial charge is 0.191 e. The maximum Gasteiger partial charge on any atom is 0.191 e. The van der Waals surface area contributed by atoms with Crippen molar-refractivity contribution in [1.29, 1.82) is 0 Å². The standard InChI is InChI=1S/C13H27N3S/c1-11-5-7-12(8-6-11)16-13(14-2)15-9-4-10-17-3/h11-12H,4-10H2,1-3H3,(H2,14,15,16). The first-order valence-electron chi connectivity index (χ1n) is 6.72. The normalized spacial score (nSPS) is 25.7. The predicted octanol–water partition coefficient (Wildman–Crippen LogP) is 2.48. The number of rotatable bonds is 5. The summed E-state index contributed by atoms with van der Waals surface area (Å²) in [6.45, 7) is 3.37. The molecule has 0 aliphatic heterocycles. The molecule has 1 rings (SSSR count). The van der Waals surface area contributed by atoms with Gasteiger partial charge in [0.25, 0.3) is 0 Å². The number of guanidine groups is 1. The molecule has 1 aliphatic rings. The van der Waals surface area contributed by atoms with Gasteiger partial charge in [-0.2, -0.15) is 11.8 Å². The average Bonchev–Trinajstić information content (AvgIpc) is 2.35. The number of thioether (sulfide) groups is 1. The first-order valence-corrected chi connectivity index (χ1v) is 8.11. The zero-order valence-electron chi connectivity index (χ0n) is 11.5. The van der Waals surface area contributed by atoms with Crippen LogP contribution < -0.4 is 10.6 Å². The zero-order valence-corrected chi connectivity index (χ0v) is 12.3. The fraction of sp³-hybridized carbons (Fsp3) is 0.923. The van der Waals surface area contributed by atoms with Crippen molar-refractivity contribution in [3.8, 4) is 0 Å². The summed E-state index contributed by atoms with van der Waals surface area (Å²) in [6.07, 6.45) is 8.61. The summed E-state index contributed by atoms with van der Waals surface area (Å²) in [4.78, 5) is 4.29. The van der Waals surface area contributed by atoms with Crippen LogP contribution in [0.25, 0.3) is 0 Å². The third-order valence-electron chi connectivity index (χ3n) is 3.40. The Morgan fingerprint density at radius 2 is 2.00 bits per heavy atom. The topological polar surface area (TPSA) is 36.4 Å². The third-order valence-corrected chi connectivity index (χ3v) is 4.09. The molecular weight excluding hydrogens is 230 g/mol. The lowest BCUT2D eigenvalue weighted by Crippen LogP contribution is -2.45. The molecule has 0 radical (unpaired) electrons. The Labute approximate surface area is 110 Å². The first kappa shape index (κ1) is 14.7. The summed E-state index contributed by atoms with van der Waals surface area (Å²) < 4.78 is 0. The van der Waals surface area contributed by atoms with Gasteiger partial charge in [-0.3, -0.25) is 4.99 Å². The highest BCUT2D eigenvalue weighted by atomic mass is 32.2. The van der Waals surface area contributed by atoms with Gasteiger partial charge >= 0.3 is 0 Å². The molecule has 100 valence electrons.